The summed E-state index contributed by atoms with van der Waals surface area (Å²) in [4.78, 5) is 25.4. The first kappa shape index (κ1) is 15.2. The summed E-state index contributed by atoms with van der Waals surface area (Å²) >= 11 is 0. The van der Waals surface area contributed by atoms with Gasteiger partial charge < -0.3 is 20.7 Å². The highest BCUT2D eigenvalue weighted by Crippen LogP contribution is 2.26. The molecule has 3 N–H and O–H groups in total. The predicted octanol–water partition coefficient (Wildman–Crippen LogP) is 1.47. The molecule has 6 nitrogen and oxygen atoms in total. The summed E-state index contributed by atoms with van der Waals surface area (Å²) in [6.45, 7) is 3.21. The van der Waals surface area contributed by atoms with Crippen LogP contribution in [-0.4, -0.2) is 36.9 Å². The number of hydrogen-bond donors (Lipinski definition) is 2. The number of amides is 2. The second-order valence-electron chi connectivity index (χ2n) is 5.41. The van der Waals surface area contributed by atoms with E-state index in [-0.39, 0.29) is 18.2 Å². The second kappa shape index (κ2) is 6.47. The molecule has 0 aromatic heterocycles. The van der Waals surface area contributed by atoms with E-state index in [0.29, 0.717) is 36.0 Å². The van der Waals surface area contributed by atoms with Crippen LogP contribution in [0.4, 0.5) is 11.4 Å². The van der Waals surface area contributed by atoms with Crippen LogP contribution in [0.5, 0.6) is 5.75 Å². The van der Waals surface area contributed by atoms with Gasteiger partial charge in [0, 0.05) is 31.6 Å². The lowest BCUT2D eigenvalue weighted by Gasteiger charge is -2.16. The fourth-order valence-corrected chi connectivity index (χ4v) is 2.46. The van der Waals surface area contributed by atoms with Gasteiger partial charge in [0.25, 0.3) is 0 Å². The number of rotatable bonds is 5. The van der Waals surface area contributed by atoms with Gasteiger partial charge in [0.2, 0.25) is 11.8 Å². The van der Waals surface area contributed by atoms with Crippen LogP contribution in [-0.2, 0) is 9.59 Å². The molecule has 1 aliphatic heterocycles. The summed E-state index contributed by atoms with van der Waals surface area (Å²) in [5.41, 5.74) is 6.80. The monoisotopic (exact) mass is 291 g/mol. The summed E-state index contributed by atoms with van der Waals surface area (Å²) in [6, 6.07) is 5.06. The molecule has 1 heterocycles. The number of carbonyl (C=O) groups is 2. The molecule has 1 aliphatic rings. The zero-order chi connectivity index (χ0) is 15.4. The second-order valence-corrected chi connectivity index (χ2v) is 5.41. The fourth-order valence-electron chi connectivity index (χ4n) is 2.46. The van der Waals surface area contributed by atoms with Gasteiger partial charge in [-0.25, -0.2) is 0 Å². The molecule has 0 aliphatic carbocycles. The fraction of sp³-hybridized carbons (Fsp3) is 0.467. The number of nitrogens with two attached hydrogens (primary N) is 1. The molecule has 0 spiro atoms. The first-order valence-electron chi connectivity index (χ1n) is 7.00. The molecular weight excluding hydrogens is 270 g/mol. The molecule has 1 saturated heterocycles. The Bertz CT molecular complexity index is 545. The van der Waals surface area contributed by atoms with E-state index < -0.39 is 0 Å². The van der Waals surface area contributed by atoms with Gasteiger partial charge in [-0.2, -0.15) is 0 Å². The van der Waals surface area contributed by atoms with E-state index in [1.54, 1.807) is 23.1 Å². The molecule has 1 unspecified atom stereocenters. The van der Waals surface area contributed by atoms with Crippen LogP contribution in [0.2, 0.25) is 0 Å². The lowest BCUT2D eigenvalue weighted by molar-refractivity contribution is -0.128. The smallest absolute Gasteiger partial charge is 0.226 e. The molecule has 114 valence electrons. The van der Waals surface area contributed by atoms with Crippen LogP contribution < -0.4 is 15.8 Å². The molecule has 0 saturated carbocycles. The molecule has 6 heteroatoms. The maximum Gasteiger partial charge on any atom is 0.226 e. The minimum atomic E-state index is -0.161. The average Bonchev–Trinajstić information content (AvgIpc) is 2.75. The number of nitrogens with one attached hydrogen (secondary N) is 1. The first-order valence-corrected chi connectivity index (χ1v) is 7.00. The summed E-state index contributed by atoms with van der Waals surface area (Å²) in [6.07, 6.45) is 0.834. The minimum absolute atomic E-state index is 0.122. The normalized spacial score (nSPS) is 17.9. The van der Waals surface area contributed by atoms with Crippen LogP contribution in [0.1, 0.15) is 19.8 Å². The third kappa shape index (κ3) is 3.87. The highest BCUT2D eigenvalue weighted by Gasteiger charge is 2.26. The molecule has 1 aromatic carbocycles. The van der Waals surface area contributed by atoms with E-state index in [1.807, 2.05) is 6.92 Å². The molecule has 2 rings (SSSR count). The number of nitrogens with zero attached hydrogens (tertiary/aromatic N) is 1. The van der Waals surface area contributed by atoms with Gasteiger partial charge in [-0.1, -0.05) is 6.92 Å². The van der Waals surface area contributed by atoms with Gasteiger partial charge in [-0.05, 0) is 24.1 Å². The van der Waals surface area contributed by atoms with E-state index in [1.165, 1.54) is 7.11 Å². The Balaban J connectivity index is 1.90. The largest absolute Gasteiger partial charge is 0.495 e. The van der Waals surface area contributed by atoms with Crippen molar-refractivity contribution in [2.24, 2.45) is 5.92 Å². The molecule has 1 atom stereocenters. The number of methoxy groups -OCH3 is 1. The third-order valence-corrected chi connectivity index (χ3v) is 3.51. The molecule has 1 aromatic rings. The number of ether oxygens (including phenoxy) is 1. The van der Waals surface area contributed by atoms with Gasteiger partial charge in [0.05, 0.1) is 12.8 Å². The third-order valence-electron chi connectivity index (χ3n) is 3.51. The molecule has 0 radical (unpaired) electrons. The Morgan fingerprint density at radius 2 is 2.29 bits per heavy atom. The standard InChI is InChI=1S/C15H21N3O3/c1-10-7-15(20)18(9-10)6-5-14(19)17-12-8-11(16)3-4-13(12)21-2/h3-4,8,10H,5-7,9,16H2,1-2H3,(H,17,19). The van der Waals surface area contributed by atoms with Crippen molar-refractivity contribution in [2.75, 3.05) is 31.2 Å². The molecule has 1 fully saturated rings. The predicted molar refractivity (Wildman–Crippen MR) is 81.0 cm³/mol. The maximum atomic E-state index is 12.0. The van der Waals surface area contributed by atoms with Gasteiger partial charge in [0.1, 0.15) is 5.75 Å². The van der Waals surface area contributed by atoms with E-state index in [0.717, 1.165) is 6.54 Å². The summed E-state index contributed by atoms with van der Waals surface area (Å²) in [7, 11) is 1.53. The van der Waals surface area contributed by atoms with Crippen LogP contribution in [0.15, 0.2) is 18.2 Å². The summed E-state index contributed by atoms with van der Waals surface area (Å²) in [5.74, 6) is 0.890. The van der Waals surface area contributed by atoms with Crippen molar-refractivity contribution in [3.8, 4) is 5.75 Å². The van der Waals surface area contributed by atoms with Crippen molar-refractivity contribution in [3.05, 3.63) is 18.2 Å². The van der Waals surface area contributed by atoms with Crippen LogP contribution in [0, 0.1) is 5.92 Å². The zero-order valence-corrected chi connectivity index (χ0v) is 12.4. The molecule has 0 bridgehead atoms. The Hall–Kier alpha value is -2.24. The quantitative estimate of drug-likeness (QED) is 0.805. The lowest BCUT2D eigenvalue weighted by Crippen LogP contribution is -2.29. The summed E-state index contributed by atoms with van der Waals surface area (Å²) in [5, 5.41) is 2.77. The van der Waals surface area contributed by atoms with E-state index in [9.17, 15) is 9.59 Å². The minimum Gasteiger partial charge on any atom is -0.495 e. The van der Waals surface area contributed by atoms with Crippen LogP contribution in [0.25, 0.3) is 0 Å². The SMILES string of the molecule is COc1ccc(N)cc1NC(=O)CCN1CC(C)CC1=O. The number of hydrogen-bond acceptors (Lipinski definition) is 4. The molecule has 21 heavy (non-hydrogen) atoms. The summed E-state index contributed by atoms with van der Waals surface area (Å²) < 4.78 is 5.18. The number of nitrogen functional groups attached to an aromatic ring is 1. The van der Waals surface area contributed by atoms with Gasteiger partial charge >= 0.3 is 0 Å². The Kier molecular flexibility index (Phi) is 4.67. The van der Waals surface area contributed by atoms with Crippen molar-refractivity contribution in [1.29, 1.82) is 0 Å². The van der Waals surface area contributed by atoms with Crippen LogP contribution >= 0.6 is 0 Å². The van der Waals surface area contributed by atoms with E-state index >= 15 is 0 Å². The van der Waals surface area contributed by atoms with Gasteiger partial charge in [-0.15, -0.1) is 0 Å². The van der Waals surface area contributed by atoms with Crippen molar-refractivity contribution in [3.63, 3.8) is 0 Å². The van der Waals surface area contributed by atoms with Gasteiger partial charge in [-0.3, -0.25) is 9.59 Å². The number of carbonyl (C=O) groups excluding carboxylic acids is 2. The first-order chi connectivity index (χ1) is 9.99. The zero-order valence-electron chi connectivity index (χ0n) is 12.4. The Morgan fingerprint density at radius 1 is 1.52 bits per heavy atom. The topological polar surface area (TPSA) is 84.7 Å². The van der Waals surface area contributed by atoms with Crippen molar-refractivity contribution < 1.29 is 14.3 Å². The highest BCUT2D eigenvalue weighted by molar-refractivity contribution is 5.93. The van der Waals surface area contributed by atoms with E-state index in [2.05, 4.69) is 5.32 Å². The number of anilines is 2. The number of likely N-dealkylation sites (tertiary alicyclic amines) is 1. The van der Waals surface area contributed by atoms with Crippen molar-refractivity contribution >= 4 is 23.2 Å². The van der Waals surface area contributed by atoms with Gasteiger partial charge in [0.15, 0.2) is 0 Å². The molecule has 2 amide bonds. The lowest BCUT2D eigenvalue weighted by atomic mass is 10.2. The van der Waals surface area contributed by atoms with Crippen molar-refractivity contribution in [2.45, 2.75) is 19.8 Å². The number of benzene rings is 1. The maximum absolute atomic E-state index is 12.0. The average molecular weight is 291 g/mol. The Labute approximate surface area is 124 Å². The van der Waals surface area contributed by atoms with Crippen molar-refractivity contribution in [1.82, 2.24) is 4.90 Å². The highest BCUT2D eigenvalue weighted by atomic mass is 16.5. The Morgan fingerprint density at radius 3 is 2.90 bits per heavy atom. The van der Waals surface area contributed by atoms with Crippen LogP contribution in [0.3, 0.4) is 0 Å². The van der Waals surface area contributed by atoms with E-state index in [4.69, 9.17) is 10.5 Å². The molecular formula is C15H21N3O3.